The lowest BCUT2D eigenvalue weighted by molar-refractivity contribution is -0.122. The predicted octanol–water partition coefficient (Wildman–Crippen LogP) is -0.846. The summed E-state index contributed by atoms with van der Waals surface area (Å²) in [4.78, 5) is 36.7. The van der Waals surface area contributed by atoms with E-state index < -0.39 is 6.10 Å². The minimum Gasteiger partial charge on any atom is -0.390 e. The van der Waals surface area contributed by atoms with Crippen LogP contribution in [0.3, 0.4) is 0 Å². The average Bonchev–Trinajstić information content (AvgIpc) is 2.83. The van der Waals surface area contributed by atoms with Gasteiger partial charge < -0.3 is 21.1 Å². The summed E-state index contributed by atoms with van der Waals surface area (Å²) in [5.41, 5.74) is 2.93. The number of rotatable bonds is 10. The molecule has 0 unspecified atom stereocenters. The summed E-state index contributed by atoms with van der Waals surface area (Å²) in [6.07, 6.45) is 1.82. The van der Waals surface area contributed by atoms with Crippen molar-refractivity contribution in [1.29, 1.82) is 0 Å². The van der Waals surface area contributed by atoms with Crippen LogP contribution in [-0.2, 0) is 22.6 Å². The van der Waals surface area contributed by atoms with E-state index in [4.69, 9.17) is 0 Å². The molecule has 10 nitrogen and oxygen atoms in total. The molecule has 2 aliphatic rings. The van der Waals surface area contributed by atoms with Gasteiger partial charge in [-0.25, -0.2) is 4.99 Å². The highest BCUT2D eigenvalue weighted by atomic mass is 16.3. The number of likely N-dealkylation sites (tertiary alicyclic amines) is 1. The smallest absolute Gasteiger partial charge is 0.267 e. The molecule has 2 heterocycles. The lowest BCUT2D eigenvalue weighted by atomic mass is 10.00. The van der Waals surface area contributed by atoms with Gasteiger partial charge in [-0.05, 0) is 24.3 Å². The highest BCUT2D eigenvalue weighted by Crippen LogP contribution is 2.18. The fraction of sp³-hybridized carbons (Fsp3) is 0.500. The number of nitrogens with zero attached hydrogens (tertiary/aromatic N) is 4. The molecule has 0 radical (unpaired) electrons. The van der Waals surface area contributed by atoms with Gasteiger partial charge in [0.1, 0.15) is 11.5 Å². The second-order valence-corrected chi connectivity index (χ2v) is 8.59. The number of aliphatic hydroxyl groups excluding tert-OH is 1. The number of aliphatic imine (C=N–C) groups is 2. The van der Waals surface area contributed by atoms with Crippen LogP contribution in [0.5, 0.6) is 0 Å². The molecule has 1 aromatic rings. The third kappa shape index (κ3) is 7.21. The van der Waals surface area contributed by atoms with Gasteiger partial charge >= 0.3 is 0 Å². The molecule has 3 rings (SSSR count). The molecule has 0 spiro atoms. The Balaban J connectivity index is 1.46. The minimum atomic E-state index is -0.681. The number of hydrogen-bond donors (Lipinski definition) is 4. The lowest BCUT2D eigenvalue weighted by Gasteiger charge is -2.36. The van der Waals surface area contributed by atoms with Gasteiger partial charge in [0.15, 0.2) is 0 Å². The van der Waals surface area contributed by atoms with E-state index in [0.29, 0.717) is 32.0 Å². The number of fused-ring (bicyclic) bond motifs is 1. The van der Waals surface area contributed by atoms with Gasteiger partial charge in [-0.2, -0.15) is 0 Å². The Kier molecular flexibility index (Phi) is 9.32. The summed E-state index contributed by atoms with van der Waals surface area (Å²) in [5, 5.41) is 18.7. The first-order valence-corrected chi connectivity index (χ1v) is 11.5. The predicted molar refractivity (Wildman–Crippen MR) is 133 cm³/mol. The molecular formula is C24H35N7O3. The van der Waals surface area contributed by atoms with E-state index in [1.165, 1.54) is 17.2 Å². The van der Waals surface area contributed by atoms with Crippen LogP contribution in [0.4, 0.5) is 0 Å². The van der Waals surface area contributed by atoms with Gasteiger partial charge in [0.05, 0.1) is 18.7 Å². The number of aliphatic hydroxyl groups is 1. The lowest BCUT2D eigenvalue weighted by Crippen LogP contribution is -2.53. The van der Waals surface area contributed by atoms with Crippen molar-refractivity contribution in [3.8, 4) is 0 Å². The second-order valence-electron chi connectivity index (χ2n) is 8.59. The van der Waals surface area contributed by atoms with Crippen molar-refractivity contribution < 1.29 is 14.7 Å². The quantitative estimate of drug-likeness (QED) is 0.201. The van der Waals surface area contributed by atoms with Crippen molar-refractivity contribution >= 4 is 24.4 Å². The summed E-state index contributed by atoms with van der Waals surface area (Å²) >= 11 is 0. The molecule has 0 aromatic heterocycles. The van der Waals surface area contributed by atoms with Crippen LogP contribution in [0.25, 0.3) is 0 Å². The summed E-state index contributed by atoms with van der Waals surface area (Å²) in [6, 6.07) is 8.36. The summed E-state index contributed by atoms with van der Waals surface area (Å²) in [6.45, 7) is 7.50. The molecule has 184 valence electrons. The standard InChI is InChI=1S/C24H35N7O3/c1-25-21(10-22(26-2)29-19-13-31(14-19)16-23(33)27-3)24(34)28-11-20(32)15-30-9-8-17-6-4-5-7-18(17)12-30/h4-7,10,19-20,25,32H,2,8-9,11-16H2,1,3H3,(H,27,33)(H,28,34)/t20-/m0/s1. The Morgan fingerprint density at radius 3 is 2.62 bits per heavy atom. The zero-order valence-electron chi connectivity index (χ0n) is 20.0. The molecule has 0 saturated carbocycles. The van der Waals surface area contributed by atoms with Gasteiger partial charge in [0.25, 0.3) is 5.91 Å². The minimum absolute atomic E-state index is 0.000862. The summed E-state index contributed by atoms with van der Waals surface area (Å²) in [7, 11) is 3.25. The number of amides is 2. The van der Waals surface area contributed by atoms with Crippen LogP contribution < -0.4 is 16.0 Å². The number of benzene rings is 1. The maximum absolute atomic E-state index is 12.6. The Bertz CT molecular complexity index is 940. The molecule has 10 heteroatoms. The SMILES string of the molecule is C=NC(C=C(NC)C(=O)NC[C@H](O)CN1CCc2ccccc2C1)=NC1CN(CC(=O)NC)C1. The topological polar surface area (TPSA) is 122 Å². The van der Waals surface area contributed by atoms with E-state index in [9.17, 15) is 14.7 Å². The fourth-order valence-corrected chi connectivity index (χ4v) is 4.10. The van der Waals surface area contributed by atoms with Crippen molar-refractivity contribution in [2.24, 2.45) is 9.98 Å². The molecule has 0 bridgehead atoms. The average molecular weight is 470 g/mol. The molecule has 34 heavy (non-hydrogen) atoms. The molecule has 1 aromatic carbocycles. The van der Waals surface area contributed by atoms with E-state index in [1.807, 2.05) is 11.0 Å². The summed E-state index contributed by atoms with van der Waals surface area (Å²) < 4.78 is 0. The maximum Gasteiger partial charge on any atom is 0.267 e. The molecule has 1 atom stereocenters. The second kappa shape index (κ2) is 12.4. The number of β-amino-alcohol motifs (C(OH)–C–C–N with tert-alkyl or cyclic N) is 1. The van der Waals surface area contributed by atoms with Crippen LogP contribution in [0.15, 0.2) is 46.0 Å². The molecule has 2 aliphatic heterocycles. The monoisotopic (exact) mass is 469 g/mol. The van der Waals surface area contributed by atoms with Crippen LogP contribution >= 0.6 is 0 Å². The van der Waals surface area contributed by atoms with E-state index in [2.05, 4.69) is 55.8 Å². The number of hydrogen-bond acceptors (Lipinski definition) is 7. The molecule has 0 aliphatic carbocycles. The van der Waals surface area contributed by atoms with E-state index in [1.54, 1.807) is 14.1 Å². The van der Waals surface area contributed by atoms with Crippen LogP contribution in [0.1, 0.15) is 11.1 Å². The highest BCUT2D eigenvalue weighted by Gasteiger charge is 2.27. The van der Waals surface area contributed by atoms with E-state index in [0.717, 1.165) is 19.5 Å². The van der Waals surface area contributed by atoms with Gasteiger partial charge in [0, 0.05) is 59.4 Å². The molecule has 1 fully saturated rings. The molecule has 1 saturated heterocycles. The van der Waals surface area contributed by atoms with Crippen LogP contribution in [0, 0.1) is 0 Å². The summed E-state index contributed by atoms with van der Waals surface area (Å²) in [5.74, 6) is -0.0424. The van der Waals surface area contributed by atoms with Gasteiger partial charge in [-0.15, -0.1) is 0 Å². The number of likely N-dealkylation sites (N-methyl/N-ethyl adjacent to an activating group) is 2. The fourth-order valence-electron chi connectivity index (χ4n) is 4.10. The number of amidine groups is 1. The Morgan fingerprint density at radius 2 is 1.94 bits per heavy atom. The zero-order valence-corrected chi connectivity index (χ0v) is 20.0. The van der Waals surface area contributed by atoms with Crippen molar-refractivity contribution in [1.82, 2.24) is 25.8 Å². The van der Waals surface area contributed by atoms with Crippen molar-refractivity contribution in [2.45, 2.75) is 25.1 Å². The van der Waals surface area contributed by atoms with Crippen LogP contribution in [-0.4, -0.2) is 105 Å². The maximum atomic E-state index is 12.6. The number of nitrogens with one attached hydrogen (secondary N) is 3. The normalized spacial score (nSPS) is 18.4. The molecule has 4 N–H and O–H groups in total. The first-order chi connectivity index (χ1) is 16.4. The number of carbonyl (C=O) groups excluding carboxylic acids is 2. The van der Waals surface area contributed by atoms with Gasteiger partial charge in [-0.3, -0.25) is 24.4 Å². The zero-order chi connectivity index (χ0) is 24.5. The van der Waals surface area contributed by atoms with E-state index >= 15 is 0 Å². The van der Waals surface area contributed by atoms with Gasteiger partial charge in [0.2, 0.25) is 5.91 Å². The van der Waals surface area contributed by atoms with Crippen molar-refractivity contribution in [3.63, 3.8) is 0 Å². The van der Waals surface area contributed by atoms with Crippen molar-refractivity contribution in [2.75, 3.05) is 53.4 Å². The highest BCUT2D eigenvalue weighted by molar-refractivity contribution is 6.04. The largest absolute Gasteiger partial charge is 0.390 e. The first-order valence-electron chi connectivity index (χ1n) is 11.5. The third-order valence-corrected chi connectivity index (χ3v) is 6.03. The first kappa shape index (κ1) is 25.5. The van der Waals surface area contributed by atoms with E-state index in [-0.39, 0.29) is 30.1 Å². The molecule has 2 amide bonds. The van der Waals surface area contributed by atoms with Crippen molar-refractivity contribution in [3.05, 3.63) is 47.2 Å². The number of carbonyl (C=O) groups is 2. The Labute approximate surface area is 200 Å². The Morgan fingerprint density at radius 1 is 1.21 bits per heavy atom. The van der Waals surface area contributed by atoms with Crippen LogP contribution in [0.2, 0.25) is 0 Å². The Hall–Kier alpha value is -3.08. The van der Waals surface area contributed by atoms with Gasteiger partial charge in [-0.1, -0.05) is 24.3 Å². The third-order valence-electron chi connectivity index (χ3n) is 6.03. The molecular weight excluding hydrogens is 434 g/mol.